The Labute approximate surface area is 141 Å². The fraction of sp³-hybridized carbons (Fsp3) is 0.118. The lowest BCUT2D eigenvalue weighted by Crippen LogP contribution is -2.31. The van der Waals surface area contributed by atoms with Gasteiger partial charge in [-0.25, -0.2) is 9.69 Å². The number of phenols is 1. The number of benzene rings is 2. The Morgan fingerprint density at radius 1 is 1.12 bits per heavy atom. The van der Waals surface area contributed by atoms with Crippen molar-refractivity contribution in [1.82, 2.24) is 0 Å². The molecular weight excluding hydrogens is 330 g/mol. The van der Waals surface area contributed by atoms with E-state index < -0.39 is 17.1 Å². The summed E-state index contributed by atoms with van der Waals surface area (Å²) in [7, 11) is 0. The van der Waals surface area contributed by atoms with E-state index in [1.807, 2.05) is 0 Å². The van der Waals surface area contributed by atoms with Crippen molar-refractivity contribution in [3.05, 3.63) is 54.1 Å². The number of amides is 2. The van der Waals surface area contributed by atoms with Gasteiger partial charge >= 0.3 is 5.97 Å². The molecule has 2 amide bonds. The first-order valence-electron chi connectivity index (χ1n) is 7.12. The first-order valence-corrected chi connectivity index (χ1v) is 8.00. The molecule has 3 rings (SSSR count). The van der Waals surface area contributed by atoms with Crippen LogP contribution in [-0.2, 0) is 9.59 Å². The molecule has 1 aliphatic rings. The summed E-state index contributed by atoms with van der Waals surface area (Å²) in [6.45, 7) is 0. The standard InChI is InChI=1S/C17H13NO5S/c19-11-5-3-4-10(8-11)18-15(20)9-14(16(18)21)24-13-7-2-1-6-12(13)17(22)23/h1-8,14,19H,9H2,(H,22,23). The van der Waals surface area contributed by atoms with Gasteiger partial charge in [0, 0.05) is 17.4 Å². The number of carboxylic acid groups (broad SMARTS) is 1. The van der Waals surface area contributed by atoms with Crippen molar-refractivity contribution in [2.75, 3.05) is 4.90 Å². The monoisotopic (exact) mass is 343 g/mol. The van der Waals surface area contributed by atoms with Crippen molar-refractivity contribution in [1.29, 1.82) is 0 Å². The maximum atomic E-state index is 12.6. The van der Waals surface area contributed by atoms with Gasteiger partial charge in [0.25, 0.3) is 0 Å². The SMILES string of the molecule is O=C(O)c1ccccc1SC1CC(=O)N(c2cccc(O)c2)C1=O. The van der Waals surface area contributed by atoms with Gasteiger partial charge in [0.1, 0.15) is 5.75 Å². The number of hydrogen-bond acceptors (Lipinski definition) is 5. The van der Waals surface area contributed by atoms with E-state index in [-0.39, 0.29) is 23.6 Å². The molecule has 1 saturated heterocycles. The minimum atomic E-state index is -1.08. The molecule has 0 radical (unpaired) electrons. The second-order valence-corrected chi connectivity index (χ2v) is 6.44. The van der Waals surface area contributed by atoms with Crippen LogP contribution in [0.5, 0.6) is 5.75 Å². The number of carboxylic acids is 1. The Morgan fingerprint density at radius 3 is 2.58 bits per heavy atom. The zero-order chi connectivity index (χ0) is 17.3. The van der Waals surface area contributed by atoms with E-state index in [1.54, 1.807) is 30.3 Å². The molecule has 1 atom stereocenters. The van der Waals surface area contributed by atoms with Gasteiger partial charge in [0.2, 0.25) is 11.8 Å². The van der Waals surface area contributed by atoms with Crippen LogP contribution in [0, 0.1) is 0 Å². The molecule has 7 heteroatoms. The van der Waals surface area contributed by atoms with Crippen LogP contribution in [0.15, 0.2) is 53.4 Å². The number of phenolic OH excluding ortho intramolecular Hbond substituents is 1. The highest BCUT2D eigenvalue weighted by Crippen LogP contribution is 2.36. The van der Waals surface area contributed by atoms with Gasteiger partial charge in [0.15, 0.2) is 0 Å². The second-order valence-electron chi connectivity index (χ2n) is 5.20. The van der Waals surface area contributed by atoms with Gasteiger partial charge < -0.3 is 10.2 Å². The molecule has 0 aromatic heterocycles. The highest BCUT2D eigenvalue weighted by atomic mass is 32.2. The number of aromatic carboxylic acids is 1. The van der Waals surface area contributed by atoms with E-state index in [2.05, 4.69) is 0 Å². The molecule has 1 unspecified atom stereocenters. The summed E-state index contributed by atoms with van der Waals surface area (Å²) >= 11 is 1.07. The zero-order valence-corrected chi connectivity index (χ0v) is 13.2. The van der Waals surface area contributed by atoms with Gasteiger partial charge in [0.05, 0.1) is 16.5 Å². The fourth-order valence-electron chi connectivity index (χ4n) is 2.50. The van der Waals surface area contributed by atoms with Gasteiger partial charge in [-0.3, -0.25) is 9.59 Å². The zero-order valence-electron chi connectivity index (χ0n) is 12.4. The van der Waals surface area contributed by atoms with Crippen molar-refractivity contribution in [2.45, 2.75) is 16.6 Å². The lowest BCUT2D eigenvalue weighted by atomic mass is 10.2. The van der Waals surface area contributed by atoms with Crippen LogP contribution in [0.4, 0.5) is 5.69 Å². The normalized spacial score (nSPS) is 17.3. The van der Waals surface area contributed by atoms with Gasteiger partial charge in [-0.05, 0) is 24.3 Å². The van der Waals surface area contributed by atoms with E-state index in [4.69, 9.17) is 0 Å². The molecule has 2 aromatic rings. The third kappa shape index (κ3) is 2.98. The summed E-state index contributed by atoms with van der Waals surface area (Å²) in [5.74, 6) is -1.92. The predicted molar refractivity (Wildman–Crippen MR) is 88.3 cm³/mol. The van der Waals surface area contributed by atoms with Gasteiger partial charge in [-0.15, -0.1) is 11.8 Å². The summed E-state index contributed by atoms with van der Waals surface area (Å²) in [6, 6.07) is 12.3. The Morgan fingerprint density at radius 2 is 1.88 bits per heavy atom. The Bertz CT molecular complexity index is 835. The minimum absolute atomic E-state index is 0.0207. The minimum Gasteiger partial charge on any atom is -0.508 e. The van der Waals surface area contributed by atoms with Crippen molar-refractivity contribution in [3.63, 3.8) is 0 Å². The largest absolute Gasteiger partial charge is 0.508 e. The van der Waals surface area contributed by atoms with E-state index in [9.17, 15) is 24.6 Å². The molecule has 122 valence electrons. The average Bonchev–Trinajstić information content (AvgIpc) is 2.81. The summed E-state index contributed by atoms with van der Waals surface area (Å²) in [5, 5.41) is 18.0. The number of imide groups is 1. The molecule has 1 fully saturated rings. The van der Waals surface area contributed by atoms with Crippen LogP contribution >= 0.6 is 11.8 Å². The molecule has 0 saturated carbocycles. The Balaban J connectivity index is 1.86. The van der Waals surface area contributed by atoms with E-state index in [1.165, 1.54) is 18.2 Å². The van der Waals surface area contributed by atoms with Crippen molar-refractivity contribution in [2.24, 2.45) is 0 Å². The molecule has 1 aliphatic heterocycles. The summed E-state index contributed by atoms with van der Waals surface area (Å²) in [5.41, 5.74) is 0.401. The van der Waals surface area contributed by atoms with Crippen LogP contribution in [0.25, 0.3) is 0 Å². The van der Waals surface area contributed by atoms with Crippen LogP contribution in [-0.4, -0.2) is 33.2 Å². The highest BCUT2D eigenvalue weighted by molar-refractivity contribution is 8.00. The quantitative estimate of drug-likeness (QED) is 0.828. The van der Waals surface area contributed by atoms with Crippen LogP contribution in [0.1, 0.15) is 16.8 Å². The molecule has 6 nitrogen and oxygen atoms in total. The summed E-state index contributed by atoms with van der Waals surface area (Å²) < 4.78 is 0. The van der Waals surface area contributed by atoms with Crippen molar-refractivity contribution in [3.8, 4) is 5.75 Å². The smallest absolute Gasteiger partial charge is 0.336 e. The van der Waals surface area contributed by atoms with Crippen LogP contribution < -0.4 is 4.90 Å². The lowest BCUT2D eigenvalue weighted by molar-refractivity contribution is -0.121. The first kappa shape index (κ1) is 16.1. The number of thioether (sulfide) groups is 1. The number of carbonyl (C=O) groups excluding carboxylic acids is 2. The van der Waals surface area contributed by atoms with Gasteiger partial charge in [-0.1, -0.05) is 18.2 Å². The fourth-order valence-corrected chi connectivity index (χ4v) is 3.68. The average molecular weight is 343 g/mol. The number of anilines is 1. The second kappa shape index (κ2) is 6.37. The van der Waals surface area contributed by atoms with E-state index >= 15 is 0 Å². The van der Waals surface area contributed by atoms with Gasteiger partial charge in [-0.2, -0.15) is 0 Å². The number of rotatable bonds is 4. The molecule has 0 aliphatic carbocycles. The number of hydrogen-bond donors (Lipinski definition) is 2. The number of nitrogens with zero attached hydrogens (tertiary/aromatic N) is 1. The Kier molecular flexibility index (Phi) is 4.26. The third-order valence-corrected chi connectivity index (χ3v) is 4.84. The topological polar surface area (TPSA) is 94.9 Å². The summed E-state index contributed by atoms with van der Waals surface area (Å²) in [4.78, 5) is 37.5. The maximum absolute atomic E-state index is 12.6. The molecule has 0 bridgehead atoms. The maximum Gasteiger partial charge on any atom is 0.336 e. The summed E-state index contributed by atoms with van der Waals surface area (Å²) in [6.07, 6.45) is -0.0207. The highest BCUT2D eigenvalue weighted by Gasteiger charge is 2.40. The number of aromatic hydroxyl groups is 1. The third-order valence-electron chi connectivity index (χ3n) is 3.58. The molecular formula is C17H13NO5S. The lowest BCUT2D eigenvalue weighted by Gasteiger charge is -2.15. The molecule has 2 N–H and O–H groups in total. The first-order chi connectivity index (χ1) is 11.5. The predicted octanol–water partition coefficient (Wildman–Crippen LogP) is 2.51. The number of carbonyl (C=O) groups is 3. The van der Waals surface area contributed by atoms with Crippen LogP contribution in [0.2, 0.25) is 0 Å². The van der Waals surface area contributed by atoms with Crippen molar-refractivity contribution < 1.29 is 24.6 Å². The molecule has 2 aromatic carbocycles. The van der Waals surface area contributed by atoms with Crippen LogP contribution in [0.3, 0.4) is 0 Å². The van der Waals surface area contributed by atoms with E-state index in [0.29, 0.717) is 10.6 Å². The van der Waals surface area contributed by atoms with Crippen molar-refractivity contribution >= 4 is 35.2 Å². The Hall–Kier alpha value is -2.80. The molecule has 24 heavy (non-hydrogen) atoms. The molecule has 1 heterocycles. The molecule has 0 spiro atoms. The van der Waals surface area contributed by atoms with E-state index in [0.717, 1.165) is 16.7 Å².